The van der Waals surface area contributed by atoms with Crippen LogP contribution in [0.1, 0.15) is 64.7 Å². The van der Waals surface area contributed by atoms with Crippen molar-refractivity contribution in [2.24, 2.45) is 29.4 Å². The van der Waals surface area contributed by atoms with Crippen LogP contribution in [-0.2, 0) is 4.79 Å². The normalized spacial score (nSPS) is 49.8. The number of carbonyl (C=O) groups is 1. The van der Waals surface area contributed by atoms with Crippen molar-refractivity contribution in [3.05, 3.63) is 0 Å². The van der Waals surface area contributed by atoms with E-state index in [0.717, 1.165) is 12.3 Å². The molecule has 4 aliphatic rings. The van der Waals surface area contributed by atoms with E-state index >= 15 is 0 Å². The van der Waals surface area contributed by atoms with Gasteiger partial charge in [0.1, 0.15) is 0 Å². The minimum atomic E-state index is -0.118. The Labute approximate surface area is 180 Å². The van der Waals surface area contributed by atoms with Gasteiger partial charge < -0.3 is 11.1 Å². The number of nitrogens with one attached hydrogen (secondary N) is 1. The van der Waals surface area contributed by atoms with Gasteiger partial charge >= 0.3 is 0 Å². The minimum Gasteiger partial charge on any atom is -0.351 e. The number of amides is 1. The quantitative estimate of drug-likeness (QED) is 0.671. The van der Waals surface area contributed by atoms with E-state index in [2.05, 4.69) is 24.2 Å². The standard InChI is InChI=1S/C22H37Cl2N3O/c1-12-3-5-13(6-4-12)15-9-14-7-8-20(27(14)2)21(15)22(28)26-19-11-17(24)16(23)10-18(19)25/h12-21H,3-11,25H2,1-2H3,(H,26,28)/t12?,13?,14-,15-,16?,17?,18?,19?,20?,21?/m1/s1. The highest BCUT2D eigenvalue weighted by Gasteiger charge is 2.51. The lowest BCUT2D eigenvalue weighted by Crippen LogP contribution is -2.59. The van der Waals surface area contributed by atoms with Crippen molar-refractivity contribution in [1.82, 2.24) is 10.2 Å². The van der Waals surface area contributed by atoms with Crippen LogP contribution in [0.5, 0.6) is 0 Å². The molecule has 4 nitrogen and oxygen atoms in total. The Morgan fingerprint density at radius 3 is 2.39 bits per heavy atom. The molecule has 2 bridgehead atoms. The summed E-state index contributed by atoms with van der Waals surface area (Å²) in [7, 11) is 2.22. The van der Waals surface area contributed by atoms with Crippen LogP contribution in [0, 0.1) is 23.7 Å². The van der Waals surface area contributed by atoms with E-state index in [4.69, 9.17) is 28.9 Å². The Hall–Kier alpha value is -0.0300. The summed E-state index contributed by atoms with van der Waals surface area (Å²) in [5.74, 6) is 2.39. The fraction of sp³-hybridized carbons (Fsp3) is 0.955. The lowest BCUT2D eigenvalue weighted by Gasteiger charge is -2.47. The summed E-state index contributed by atoms with van der Waals surface area (Å²) in [6, 6.07) is 0.893. The number of piperidine rings is 1. The molecule has 0 spiro atoms. The third kappa shape index (κ3) is 4.08. The van der Waals surface area contributed by atoms with Crippen LogP contribution < -0.4 is 11.1 Å². The molecule has 28 heavy (non-hydrogen) atoms. The zero-order valence-corrected chi connectivity index (χ0v) is 18.8. The Balaban J connectivity index is 1.49. The first-order valence-electron chi connectivity index (χ1n) is 11.4. The van der Waals surface area contributed by atoms with Crippen LogP contribution in [-0.4, -0.2) is 52.8 Å². The van der Waals surface area contributed by atoms with Crippen molar-refractivity contribution in [1.29, 1.82) is 0 Å². The SMILES string of the molecule is CC1CCC([C@H]2C[C@H]3CCC(C2C(=O)NC2CC(Cl)C(Cl)CC2N)N3C)CC1. The maximum atomic E-state index is 13.6. The molecule has 6 unspecified atom stereocenters. The van der Waals surface area contributed by atoms with Crippen LogP contribution in [0.3, 0.4) is 0 Å². The second kappa shape index (κ2) is 8.61. The zero-order valence-electron chi connectivity index (χ0n) is 17.3. The number of nitrogens with zero attached hydrogens (tertiary/aromatic N) is 1. The van der Waals surface area contributed by atoms with Crippen LogP contribution in [0.25, 0.3) is 0 Å². The summed E-state index contributed by atoms with van der Waals surface area (Å²) in [6.07, 6.45) is 10.1. The van der Waals surface area contributed by atoms with Gasteiger partial charge in [0, 0.05) is 24.2 Å². The fourth-order valence-electron chi connectivity index (χ4n) is 6.66. The Bertz CT molecular complexity index is 568. The van der Waals surface area contributed by atoms with Crippen molar-refractivity contribution < 1.29 is 4.79 Å². The summed E-state index contributed by atoms with van der Waals surface area (Å²) in [4.78, 5) is 16.1. The fourth-order valence-corrected chi connectivity index (χ4v) is 7.26. The predicted molar refractivity (Wildman–Crippen MR) is 116 cm³/mol. The zero-order chi connectivity index (χ0) is 20.0. The number of hydrogen-bond donors (Lipinski definition) is 2. The lowest BCUT2D eigenvalue weighted by molar-refractivity contribution is -0.134. The summed E-state index contributed by atoms with van der Waals surface area (Å²) in [6.45, 7) is 2.37. The molecular weight excluding hydrogens is 393 g/mol. The van der Waals surface area contributed by atoms with Crippen molar-refractivity contribution in [2.45, 2.75) is 99.6 Å². The Morgan fingerprint density at radius 2 is 1.68 bits per heavy atom. The van der Waals surface area contributed by atoms with Gasteiger partial charge in [-0.05, 0) is 69.7 Å². The molecule has 2 saturated heterocycles. The van der Waals surface area contributed by atoms with Crippen LogP contribution in [0.4, 0.5) is 0 Å². The molecule has 8 atom stereocenters. The molecular formula is C22H37Cl2N3O. The van der Waals surface area contributed by atoms with Crippen molar-refractivity contribution in [2.75, 3.05) is 7.05 Å². The summed E-state index contributed by atoms with van der Waals surface area (Å²) >= 11 is 12.7. The molecule has 160 valence electrons. The molecule has 2 heterocycles. The maximum absolute atomic E-state index is 13.6. The Kier molecular flexibility index (Phi) is 6.52. The monoisotopic (exact) mass is 429 g/mol. The largest absolute Gasteiger partial charge is 0.351 e. The summed E-state index contributed by atoms with van der Waals surface area (Å²) in [5, 5.41) is 3.12. The van der Waals surface area contributed by atoms with Gasteiger partial charge in [0.25, 0.3) is 0 Å². The van der Waals surface area contributed by atoms with Gasteiger partial charge in [-0.25, -0.2) is 0 Å². The number of nitrogens with two attached hydrogens (primary N) is 1. The smallest absolute Gasteiger partial charge is 0.225 e. The van der Waals surface area contributed by atoms with Crippen LogP contribution >= 0.6 is 23.2 Å². The van der Waals surface area contributed by atoms with E-state index in [0.29, 0.717) is 36.8 Å². The third-order valence-corrected chi connectivity index (χ3v) is 9.59. The topological polar surface area (TPSA) is 58.4 Å². The molecule has 0 radical (unpaired) electrons. The molecule has 0 aromatic rings. The van der Waals surface area contributed by atoms with Crippen LogP contribution in [0.15, 0.2) is 0 Å². The molecule has 2 aliphatic carbocycles. The van der Waals surface area contributed by atoms with Crippen molar-refractivity contribution in [3.8, 4) is 0 Å². The molecule has 2 aliphatic heterocycles. The number of fused-ring (bicyclic) bond motifs is 2. The highest BCUT2D eigenvalue weighted by atomic mass is 35.5. The first kappa shape index (κ1) is 21.2. The van der Waals surface area contributed by atoms with Crippen LogP contribution in [0.2, 0.25) is 0 Å². The summed E-state index contributed by atoms with van der Waals surface area (Å²) in [5.41, 5.74) is 6.34. The van der Waals surface area contributed by atoms with Crippen molar-refractivity contribution in [3.63, 3.8) is 0 Å². The molecule has 0 aromatic heterocycles. The second-order valence-corrected chi connectivity index (χ2v) is 11.3. The number of hydrogen-bond acceptors (Lipinski definition) is 3. The molecule has 3 N–H and O–H groups in total. The van der Waals surface area contributed by atoms with Gasteiger partial charge in [0.05, 0.1) is 16.7 Å². The van der Waals surface area contributed by atoms with Gasteiger partial charge in [-0.15, -0.1) is 23.2 Å². The molecule has 0 aromatic carbocycles. The number of rotatable bonds is 3. The van der Waals surface area contributed by atoms with Gasteiger partial charge in [-0.1, -0.05) is 19.8 Å². The first-order chi connectivity index (χ1) is 13.3. The van der Waals surface area contributed by atoms with Gasteiger partial charge in [0.2, 0.25) is 5.91 Å². The second-order valence-electron chi connectivity index (χ2n) is 10.2. The minimum absolute atomic E-state index is 0.0542. The van der Waals surface area contributed by atoms with E-state index in [1.54, 1.807) is 0 Å². The lowest BCUT2D eigenvalue weighted by atomic mass is 9.66. The van der Waals surface area contributed by atoms with E-state index in [9.17, 15) is 4.79 Å². The molecule has 2 saturated carbocycles. The highest BCUT2D eigenvalue weighted by molar-refractivity contribution is 6.30. The van der Waals surface area contributed by atoms with E-state index in [1.165, 1.54) is 38.5 Å². The average Bonchev–Trinajstić information content (AvgIpc) is 2.89. The van der Waals surface area contributed by atoms with Gasteiger partial charge in [0.15, 0.2) is 0 Å². The molecule has 4 rings (SSSR count). The number of carbonyl (C=O) groups excluding carboxylic acids is 1. The van der Waals surface area contributed by atoms with Gasteiger partial charge in [-0.2, -0.15) is 0 Å². The van der Waals surface area contributed by atoms with E-state index < -0.39 is 0 Å². The van der Waals surface area contributed by atoms with Gasteiger partial charge in [-0.3, -0.25) is 9.69 Å². The number of alkyl halides is 2. The molecule has 1 amide bonds. The van der Waals surface area contributed by atoms with Crippen molar-refractivity contribution >= 4 is 29.1 Å². The number of halogens is 2. The first-order valence-corrected chi connectivity index (χ1v) is 12.3. The Morgan fingerprint density at radius 1 is 1.00 bits per heavy atom. The molecule has 4 fully saturated rings. The maximum Gasteiger partial charge on any atom is 0.225 e. The van der Waals surface area contributed by atoms with E-state index in [1.807, 2.05) is 0 Å². The van der Waals surface area contributed by atoms with E-state index in [-0.39, 0.29) is 34.7 Å². The summed E-state index contributed by atoms with van der Waals surface area (Å²) < 4.78 is 0. The average molecular weight is 430 g/mol. The highest BCUT2D eigenvalue weighted by Crippen LogP contribution is 2.48. The predicted octanol–water partition coefficient (Wildman–Crippen LogP) is 3.73. The molecule has 6 heteroatoms. The third-order valence-electron chi connectivity index (χ3n) is 8.50.